The second-order valence-corrected chi connectivity index (χ2v) is 5.16. The van der Waals surface area contributed by atoms with E-state index in [4.69, 9.17) is 0 Å². The number of anilines is 1. The summed E-state index contributed by atoms with van der Waals surface area (Å²) in [5, 5.41) is 12.6. The molecule has 1 saturated carbocycles. The lowest BCUT2D eigenvalue weighted by molar-refractivity contribution is -0.120. The van der Waals surface area contributed by atoms with Crippen molar-refractivity contribution in [2.75, 3.05) is 11.1 Å². The lowest BCUT2D eigenvalue weighted by atomic mass is 10.1. The summed E-state index contributed by atoms with van der Waals surface area (Å²) in [4.78, 5) is 12.7. The highest BCUT2D eigenvalue weighted by Crippen LogP contribution is 2.53. The van der Waals surface area contributed by atoms with Crippen molar-refractivity contribution < 1.29 is 9.90 Å². The van der Waals surface area contributed by atoms with Crippen LogP contribution in [0.25, 0.3) is 0 Å². The number of rotatable bonds is 0. The zero-order valence-corrected chi connectivity index (χ0v) is 8.93. The monoisotopic (exact) mass is 221 g/mol. The molecule has 3 nitrogen and oxygen atoms in total. The van der Waals surface area contributed by atoms with Crippen molar-refractivity contribution in [1.82, 2.24) is 0 Å². The van der Waals surface area contributed by atoms with E-state index in [2.05, 4.69) is 5.32 Å². The summed E-state index contributed by atoms with van der Waals surface area (Å²) in [6.45, 7) is 0. The zero-order valence-electron chi connectivity index (χ0n) is 8.12. The molecule has 15 heavy (non-hydrogen) atoms. The molecule has 1 aliphatic carbocycles. The van der Waals surface area contributed by atoms with Gasteiger partial charge in [0.2, 0.25) is 5.91 Å². The number of fused-ring (bicyclic) bond motifs is 1. The average molecular weight is 221 g/mol. The van der Waals surface area contributed by atoms with Gasteiger partial charge >= 0.3 is 0 Å². The standard InChI is InChI=1S/C11H11NO2S/c13-8-3-1-2-7-9(8)15-6-11(4-5-11)10(14)12-7/h1-3,13H,4-6H2,(H,12,14). The van der Waals surface area contributed by atoms with Gasteiger partial charge in [-0.25, -0.2) is 0 Å². The third kappa shape index (κ3) is 1.32. The maximum absolute atomic E-state index is 11.9. The van der Waals surface area contributed by atoms with Gasteiger partial charge in [0.25, 0.3) is 0 Å². The largest absolute Gasteiger partial charge is 0.507 e. The fraction of sp³-hybridized carbons (Fsp3) is 0.364. The highest BCUT2D eigenvalue weighted by molar-refractivity contribution is 7.99. The maximum atomic E-state index is 11.9. The van der Waals surface area contributed by atoms with Gasteiger partial charge in [-0.3, -0.25) is 4.79 Å². The molecule has 0 bridgehead atoms. The van der Waals surface area contributed by atoms with E-state index in [9.17, 15) is 9.90 Å². The SMILES string of the molecule is O=C1Nc2cccc(O)c2SCC12CC2. The molecule has 1 aromatic carbocycles. The third-order valence-electron chi connectivity index (χ3n) is 3.07. The molecule has 1 fully saturated rings. The Morgan fingerprint density at radius 2 is 2.20 bits per heavy atom. The number of carbonyl (C=O) groups excluding carboxylic acids is 1. The van der Waals surface area contributed by atoms with Gasteiger partial charge < -0.3 is 10.4 Å². The Morgan fingerprint density at radius 3 is 2.93 bits per heavy atom. The van der Waals surface area contributed by atoms with Crippen LogP contribution in [0.5, 0.6) is 5.75 Å². The quantitative estimate of drug-likeness (QED) is 0.706. The number of phenols is 1. The summed E-state index contributed by atoms with van der Waals surface area (Å²) in [7, 11) is 0. The van der Waals surface area contributed by atoms with Crippen LogP contribution in [0.3, 0.4) is 0 Å². The van der Waals surface area contributed by atoms with Crippen LogP contribution in [0, 0.1) is 5.41 Å². The first-order chi connectivity index (χ1) is 7.21. The first kappa shape index (κ1) is 9.09. The van der Waals surface area contributed by atoms with Crippen LogP contribution in [0.1, 0.15) is 12.8 Å². The van der Waals surface area contributed by atoms with Crippen LogP contribution in [0.2, 0.25) is 0 Å². The maximum Gasteiger partial charge on any atom is 0.231 e. The highest BCUT2D eigenvalue weighted by Gasteiger charge is 2.51. The summed E-state index contributed by atoms with van der Waals surface area (Å²) in [6, 6.07) is 5.24. The van der Waals surface area contributed by atoms with Gasteiger partial charge in [-0.1, -0.05) is 6.07 Å². The van der Waals surface area contributed by atoms with Crippen molar-refractivity contribution in [2.45, 2.75) is 17.7 Å². The normalized spacial score (nSPS) is 21.7. The van der Waals surface area contributed by atoms with Crippen molar-refractivity contribution in [3.8, 4) is 5.75 Å². The number of benzene rings is 1. The number of thioether (sulfide) groups is 1. The van der Waals surface area contributed by atoms with E-state index in [1.807, 2.05) is 6.07 Å². The molecule has 1 spiro atoms. The van der Waals surface area contributed by atoms with Crippen molar-refractivity contribution in [3.63, 3.8) is 0 Å². The van der Waals surface area contributed by atoms with Crippen LogP contribution < -0.4 is 5.32 Å². The second-order valence-electron chi connectivity index (χ2n) is 4.18. The van der Waals surface area contributed by atoms with Crippen molar-refractivity contribution >= 4 is 23.4 Å². The smallest absolute Gasteiger partial charge is 0.231 e. The van der Waals surface area contributed by atoms with Crippen molar-refractivity contribution in [3.05, 3.63) is 18.2 Å². The van der Waals surface area contributed by atoms with Gasteiger partial charge in [0.15, 0.2) is 0 Å². The molecule has 3 rings (SSSR count). The Labute approximate surface area is 91.9 Å². The molecule has 1 aliphatic heterocycles. The lowest BCUT2D eigenvalue weighted by Crippen LogP contribution is -2.24. The lowest BCUT2D eigenvalue weighted by Gasteiger charge is -2.08. The minimum Gasteiger partial charge on any atom is -0.507 e. The van der Waals surface area contributed by atoms with Gasteiger partial charge in [0.05, 0.1) is 16.0 Å². The molecule has 0 radical (unpaired) electrons. The molecular weight excluding hydrogens is 210 g/mol. The van der Waals surface area contributed by atoms with Crippen molar-refractivity contribution in [2.24, 2.45) is 5.41 Å². The molecule has 0 saturated heterocycles. The van der Waals surface area contributed by atoms with E-state index in [1.54, 1.807) is 23.9 Å². The molecule has 0 unspecified atom stereocenters. The highest BCUT2D eigenvalue weighted by atomic mass is 32.2. The number of nitrogens with one attached hydrogen (secondary N) is 1. The van der Waals surface area contributed by atoms with E-state index in [0.29, 0.717) is 0 Å². The van der Waals surface area contributed by atoms with E-state index < -0.39 is 0 Å². The van der Waals surface area contributed by atoms with Crippen LogP contribution in [0.4, 0.5) is 5.69 Å². The van der Waals surface area contributed by atoms with E-state index in [-0.39, 0.29) is 17.1 Å². The molecule has 0 aromatic heterocycles. The predicted molar refractivity (Wildman–Crippen MR) is 59.1 cm³/mol. The van der Waals surface area contributed by atoms with Gasteiger partial charge in [-0.2, -0.15) is 0 Å². The summed E-state index contributed by atoms with van der Waals surface area (Å²) in [6.07, 6.45) is 1.95. The molecule has 1 amide bonds. The van der Waals surface area contributed by atoms with Gasteiger partial charge in [0.1, 0.15) is 5.75 Å². The Bertz CT molecular complexity index is 440. The summed E-state index contributed by atoms with van der Waals surface area (Å²) in [5.74, 6) is 1.15. The Balaban J connectivity index is 2.04. The van der Waals surface area contributed by atoms with Gasteiger partial charge in [-0.05, 0) is 25.0 Å². The minimum absolute atomic E-state index is 0.111. The Hall–Kier alpha value is -1.16. The van der Waals surface area contributed by atoms with Crippen LogP contribution in [-0.2, 0) is 4.79 Å². The Morgan fingerprint density at radius 1 is 1.40 bits per heavy atom. The summed E-state index contributed by atoms with van der Waals surface area (Å²) >= 11 is 1.58. The van der Waals surface area contributed by atoms with E-state index >= 15 is 0 Å². The van der Waals surface area contributed by atoms with Gasteiger partial charge in [-0.15, -0.1) is 11.8 Å². The molecule has 0 atom stereocenters. The van der Waals surface area contributed by atoms with Crippen LogP contribution >= 0.6 is 11.8 Å². The molecular formula is C11H11NO2S. The van der Waals surface area contributed by atoms with Crippen molar-refractivity contribution in [1.29, 1.82) is 0 Å². The van der Waals surface area contributed by atoms with E-state index in [1.165, 1.54) is 0 Å². The number of carbonyl (C=O) groups is 1. The topological polar surface area (TPSA) is 49.3 Å². The third-order valence-corrected chi connectivity index (χ3v) is 4.49. The first-order valence-corrected chi connectivity index (χ1v) is 5.96. The molecule has 4 heteroatoms. The summed E-state index contributed by atoms with van der Waals surface area (Å²) in [5.41, 5.74) is 0.588. The minimum atomic E-state index is -0.157. The van der Waals surface area contributed by atoms with E-state index in [0.717, 1.165) is 29.2 Å². The number of aromatic hydroxyl groups is 1. The Kier molecular flexibility index (Phi) is 1.77. The zero-order chi connectivity index (χ0) is 10.5. The molecule has 2 aliphatic rings. The molecule has 2 N–H and O–H groups in total. The first-order valence-electron chi connectivity index (χ1n) is 4.98. The second kappa shape index (κ2) is 2.92. The average Bonchev–Trinajstić information content (AvgIpc) is 2.98. The number of hydrogen-bond acceptors (Lipinski definition) is 3. The molecule has 1 heterocycles. The number of phenolic OH excluding ortho intramolecular Hbond substituents is 1. The predicted octanol–water partition coefficient (Wildman–Crippen LogP) is 2.22. The summed E-state index contributed by atoms with van der Waals surface area (Å²) < 4.78 is 0. The number of amides is 1. The van der Waals surface area contributed by atoms with Crippen LogP contribution in [-0.4, -0.2) is 16.8 Å². The fourth-order valence-corrected chi connectivity index (χ4v) is 3.16. The molecule has 1 aromatic rings. The molecule has 78 valence electrons. The number of hydrogen-bond donors (Lipinski definition) is 2. The van der Waals surface area contributed by atoms with Gasteiger partial charge in [0, 0.05) is 5.75 Å². The fourth-order valence-electron chi connectivity index (χ4n) is 1.83. The van der Waals surface area contributed by atoms with Crippen LogP contribution in [0.15, 0.2) is 23.1 Å².